The fourth-order valence-corrected chi connectivity index (χ4v) is 1.58. The highest BCUT2D eigenvalue weighted by Crippen LogP contribution is 2.33. The molecule has 1 rings (SSSR count). The lowest BCUT2D eigenvalue weighted by molar-refractivity contribution is -0.199. The van der Waals surface area contributed by atoms with Gasteiger partial charge in [-0.15, -0.1) is 0 Å². The van der Waals surface area contributed by atoms with Gasteiger partial charge in [0.15, 0.2) is 0 Å². The molecule has 0 saturated carbocycles. The van der Waals surface area contributed by atoms with E-state index in [4.69, 9.17) is 9.47 Å². The molecule has 13 heavy (non-hydrogen) atoms. The number of halogens is 1. The summed E-state index contributed by atoms with van der Waals surface area (Å²) >= 11 is 0. The molecule has 6 heteroatoms. The third kappa shape index (κ3) is 1.86. The summed E-state index contributed by atoms with van der Waals surface area (Å²) in [7, 11) is 4.29. The zero-order valence-electron chi connectivity index (χ0n) is 7.99. The number of rotatable bonds is 3. The van der Waals surface area contributed by atoms with Crippen molar-refractivity contribution in [1.82, 2.24) is 0 Å². The first-order valence-corrected chi connectivity index (χ1v) is 4.11. The number of methoxy groups -OCH3 is 2. The molecule has 4 atom stereocenters. The Labute approximate surface area is 77.4 Å². The predicted molar refractivity (Wildman–Crippen MR) is 45.9 cm³/mol. The summed E-state index contributed by atoms with van der Waals surface area (Å²) in [5, 5.41) is 9.47. The van der Waals surface area contributed by atoms with Crippen LogP contribution >= 0.6 is 0 Å². The van der Waals surface area contributed by atoms with Gasteiger partial charge in [-0.3, -0.25) is 0 Å². The monoisotopic (exact) mass is 192 g/mol. The minimum absolute atomic E-state index is 0.243. The Hall–Kier alpha value is -0.165. The average molecular weight is 192 g/mol. The van der Waals surface area contributed by atoms with Gasteiger partial charge in [0.2, 0.25) is 0 Å². The summed E-state index contributed by atoms with van der Waals surface area (Å²) in [5.74, 6) is -2.04. The summed E-state index contributed by atoms with van der Waals surface area (Å²) in [4.78, 5) is 0. The van der Waals surface area contributed by atoms with Gasteiger partial charge < -0.3 is 19.3 Å². The molecular weight excluding hydrogens is 178 g/mol. The van der Waals surface area contributed by atoms with Gasteiger partial charge >= 0.3 is 0 Å². The van der Waals surface area contributed by atoms with Gasteiger partial charge in [0.1, 0.15) is 26.7 Å². The number of aliphatic hydroxyl groups is 1. The van der Waals surface area contributed by atoms with Crippen molar-refractivity contribution in [2.45, 2.75) is 24.1 Å². The molecule has 1 aliphatic heterocycles. The smallest absolute Gasteiger partial charge is 0.261 e. The van der Waals surface area contributed by atoms with Crippen molar-refractivity contribution < 1.29 is 23.7 Å². The van der Waals surface area contributed by atoms with Crippen LogP contribution in [0.3, 0.4) is 0 Å². The van der Waals surface area contributed by atoms with E-state index in [-0.39, 0.29) is 6.61 Å². The lowest BCUT2D eigenvalue weighted by Crippen LogP contribution is -2.44. The second-order valence-electron chi connectivity index (χ2n) is 3.19. The second kappa shape index (κ2) is 3.92. The van der Waals surface area contributed by atoms with E-state index in [1.54, 1.807) is 7.85 Å². The van der Waals surface area contributed by atoms with Crippen LogP contribution in [0.2, 0.25) is 0 Å². The van der Waals surface area contributed by atoms with E-state index >= 15 is 0 Å². The number of ether oxygens (including phenoxy) is 3. The molecule has 1 aliphatic rings. The van der Waals surface area contributed by atoms with Crippen LogP contribution < -0.4 is 0 Å². The quantitative estimate of drug-likeness (QED) is 0.562. The topological polar surface area (TPSA) is 47.9 Å². The van der Waals surface area contributed by atoms with E-state index in [0.29, 0.717) is 0 Å². The van der Waals surface area contributed by atoms with Crippen LogP contribution in [0, 0.1) is 0 Å². The molecule has 0 amide bonds. The van der Waals surface area contributed by atoms with E-state index in [0.717, 1.165) is 0 Å². The van der Waals surface area contributed by atoms with Crippen molar-refractivity contribution in [1.29, 1.82) is 0 Å². The van der Waals surface area contributed by atoms with Gasteiger partial charge in [-0.1, -0.05) is 0 Å². The zero-order chi connectivity index (χ0) is 10.1. The van der Waals surface area contributed by atoms with Crippen molar-refractivity contribution in [3.05, 3.63) is 0 Å². The molecule has 1 saturated heterocycles. The third-order valence-corrected chi connectivity index (χ3v) is 2.19. The Morgan fingerprint density at radius 1 is 1.62 bits per heavy atom. The normalized spacial score (nSPS) is 45.4. The van der Waals surface area contributed by atoms with Crippen LogP contribution in [0.4, 0.5) is 4.39 Å². The molecule has 0 radical (unpaired) electrons. The Bertz CT molecular complexity index is 182. The summed E-state index contributed by atoms with van der Waals surface area (Å²) < 4.78 is 28.3. The fraction of sp³-hybridized carbons (Fsp3) is 1.00. The Balaban J connectivity index is 2.74. The van der Waals surface area contributed by atoms with Gasteiger partial charge in [0.05, 0.1) is 6.00 Å². The van der Waals surface area contributed by atoms with Crippen LogP contribution in [0.1, 0.15) is 0 Å². The summed E-state index contributed by atoms with van der Waals surface area (Å²) in [6.07, 6.45) is -1.94. The Morgan fingerprint density at radius 3 is 2.69 bits per heavy atom. The minimum Gasteiger partial charge on any atom is -0.388 e. The number of alkyl halides is 1. The highest BCUT2D eigenvalue weighted by Gasteiger charge is 2.54. The standard InChI is InChI=1S/C7H14BFO4/c1-11-3-7(9)5(12-2)4(10)6(8)13-7/h4-6,10H,3,8H2,1-2H3/t4-,5?,6+,7+/m0/s1. The second-order valence-corrected chi connectivity index (χ2v) is 3.19. The molecule has 0 aliphatic carbocycles. The first-order chi connectivity index (χ1) is 6.05. The molecule has 1 N–H and O–H groups in total. The van der Waals surface area contributed by atoms with E-state index in [9.17, 15) is 9.50 Å². The van der Waals surface area contributed by atoms with E-state index in [1.807, 2.05) is 0 Å². The molecule has 0 aromatic rings. The third-order valence-electron chi connectivity index (χ3n) is 2.19. The van der Waals surface area contributed by atoms with E-state index in [2.05, 4.69) is 4.74 Å². The highest BCUT2D eigenvalue weighted by molar-refractivity contribution is 6.11. The largest absolute Gasteiger partial charge is 0.388 e. The number of hydrogen-bond donors (Lipinski definition) is 1. The van der Waals surface area contributed by atoms with Crippen molar-refractivity contribution in [2.75, 3.05) is 20.8 Å². The number of hydrogen-bond acceptors (Lipinski definition) is 4. The van der Waals surface area contributed by atoms with E-state index in [1.165, 1.54) is 14.2 Å². The number of aliphatic hydroxyl groups excluding tert-OH is 1. The van der Waals surface area contributed by atoms with Crippen molar-refractivity contribution in [3.63, 3.8) is 0 Å². The van der Waals surface area contributed by atoms with E-state index < -0.39 is 24.1 Å². The Kier molecular flexibility index (Phi) is 3.29. The lowest BCUT2D eigenvalue weighted by atomic mass is 9.93. The van der Waals surface area contributed by atoms with Gasteiger partial charge in [0, 0.05) is 14.2 Å². The molecular formula is C7H14BFO4. The first kappa shape index (κ1) is 10.9. The van der Waals surface area contributed by atoms with Crippen LogP contribution in [0.15, 0.2) is 0 Å². The molecule has 0 bridgehead atoms. The SMILES string of the molecule is B[C@@H]1O[C@](F)(COC)C(OC)[C@@H]1O. The van der Waals surface area contributed by atoms with Crippen LogP contribution in [0.5, 0.6) is 0 Å². The summed E-state index contributed by atoms with van der Waals surface area (Å²) in [6, 6.07) is -0.579. The molecule has 1 unspecified atom stereocenters. The van der Waals surface area contributed by atoms with Gasteiger partial charge in [-0.25, -0.2) is 4.39 Å². The maximum Gasteiger partial charge on any atom is 0.261 e. The summed E-state index contributed by atoms with van der Waals surface area (Å²) in [5.41, 5.74) is 0. The maximum absolute atomic E-state index is 13.8. The molecule has 4 nitrogen and oxygen atoms in total. The lowest BCUT2D eigenvalue weighted by Gasteiger charge is -2.24. The highest BCUT2D eigenvalue weighted by atomic mass is 19.2. The molecule has 76 valence electrons. The average Bonchev–Trinajstić information content (AvgIpc) is 2.24. The molecule has 1 fully saturated rings. The molecule has 0 spiro atoms. The van der Waals surface area contributed by atoms with Crippen LogP contribution in [-0.2, 0) is 14.2 Å². The molecule has 0 aromatic carbocycles. The van der Waals surface area contributed by atoms with Crippen LogP contribution in [0.25, 0.3) is 0 Å². The van der Waals surface area contributed by atoms with Gasteiger partial charge in [-0.2, -0.15) is 0 Å². The van der Waals surface area contributed by atoms with Crippen molar-refractivity contribution in [2.24, 2.45) is 0 Å². The summed E-state index contributed by atoms with van der Waals surface area (Å²) in [6.45, 7) is -0.243. The minimum atomic E-state index is -2.04. The van der Waals surface area contributed by atoms with Crippen LogP contribution in [-0.4, -0.2) is 57.8 Å². The maximum atomic E-state index is 13.8. The fourth-order valence-electron chi connectivity index (χ4n) is 1.58. The van der Waals surface area contributed by atoms with Crippen molar-refractivity contribution in [3.8, 4) is 0 Å². The zero-order valence-corrected chi connectivity index (χ0v) is 7.99. The Morgan fingerprint density at radius 2 is 2.23 bits per heavy atom. The molecule has 1 heterocycles. The van der Waals surface area contributed by atoms with Crippen molar-refractivity contribution >= 4 is 7.85 Å². The van der Waals surface area contributed by atoms with Gasteiger partial charge in [-0.05, 0) is 0 Å². The predicted octanol–water partition coefficient (Wildman–Crippen LogP) is -1.34. The first-order valence-electron chi connectivity index (χ1n) is 4.11. The van der Waals surface area contributed by atoms with Gasteiger partial charge in [0.25, 0.3) is 5.85 Å². The molecule has 0 aromatic heterocycles.